The summed E-state index contributed by atoms with van der Waals surface area (Å²) in [5.74, 6) is 0.742. The zero-order valence-electron chi connectivity index (χ0n) is 13.2. The molecule has 0 aromatic rings. The van der Waals surface area contributed by atoms with Gasteiger partial charge in [-0.05, 0) is 28.6 Å². The number of hydrogen-bond donors (Lipinski definition) is 0. The third-order valence-electron chi connectivity index (χ3n) is 5.79. The van der Waals surface area contributed by atoms with Crippen LogP contribution in [0.3, 0.4) is 0 Å². The van der Waals surface area contributed by atoms with Gasteiger partial charge in [0.2, 0.25) is 0 Å². The van der Waals surface area contributed by atoms with Crippen molar-refractivity contribution in [2.45, 2.75) is 81.6 Å². The molecule has 0 aliphatic carbocycles. The SMILES string of the molecule is CCCC(C)(C)C(C)(C)C(C)C(C)(C)CC. The lowest BCUT2D eigenvalue weighted by Gasteiger charge is -2.51. The van der Waals surface area contributed by atoms with Crippen LogP contribution in [0.15, 0.2) is 0 Å². The van der Waals surface area contributed by atoms with Gasteiger partial charge >= 0.3 is 0 Å². The molecule has 0 saturated heterocycles. The Hall–Kier alpha value is 0. The molecule has 0 spiro atoms. The van der Waals surface area contributed by atoms with Gasteiger partial charge < -0.3 is 0 Å². The molecule has 1 atom stereocenters. The molecule has 0 heterocycles. The van der Waals surface area contributed by atoms with Gasteiger partial charge in [-0.2, -0.15) is 0 Å². The minimum atomic E-state index is 0.391. The molecule has 0 N–H and O–H groups in total. The van der Waals surface area contributed by atoms with E-state index in [1.54, 1.807) is 0 Å². The summed E-state index contributed by atoms with van der Waals surface area (Å²) in [6.07, 6.45) is 3.87. The fourth-order valence-corrected chi connectivity index (χ4v) is 2.82. The van der Waals surface area contributed by atoms with Crippen molar-refractivity contribution in [2.24, 2.45) is 22.2 Å². The van der Waals surface area contributed by atoms with Gasteiger partial charge in [0.1, 0.15) is 0 Å². The van der Waals surface area contributed by atoms with Crippen molar-refractivity contribution < 1.29 is 0 Å². The maximum Gasteiger partial charge on any atom is -0.0272 e. The van der Waals surface area contributed by atoms with Gasteiger partial charge in [-0.15, -0.1) is 0 Å². The van der Waals surface area contributed by atoms with Crippen LogP contribution in [0.1, 0.15) is 81.6 Å². The van der Waals surface area contributed by atoms with E-state index in [1.165, 1.54) is 19.3 Å². The summed E-state index contributed by atoms with van der Waals surface area (Å²) in [5, 5.41) is 0. The highest BCUT2D eigenvalue weighted by Crippen LogP contribution is 2.53. The molecule has 0 heteroatoms. The van der Waals surface area contributed by atoms with Gasteiger partial charge in [0.25, 0.3) is 0 Å². The summed E-state index contributed by atoms with van der Waals surface area (Å²) in [6, 6.07) is 0. The fraction of sp³-hybridized carbons (Fsp3) is 1.00. The van der Waals surface area contributed by atoms with Crippen molar-refractivity contribution in [1.29, 1.82) is 0 Å². The van der Waals surface area contributed by atoms with Gasteiger partial charge in [0, 0.05) is 0 Å². The molecule has 0 amide bonds. The Morgan fingerprint density at radius 3 is 1.62 bits per heavy atom. The molecule has 0 aromatic carbocycles. The normalized spacial score (nSPS) is 16.3. The number of rotatable bonds is 6. The van der Waals surface area contributed by atoms with Crippen LogP contribution in [-0.4, -0.2) is 0 Å². The van der Waals surface area contributed by atoms with Crippen LogP contribution in [0.4, 0.5) is 0 Å². The monoisotopic (exact) mass is 226 g/mol. The molecule has 0 fully saturated rings. The van der Waals surface area contributed by atoms with Crippen LogP contribution >= 0.6 is 0 Å². The van der Waals surface area contributed by atoms with E-state index in [0.29, 0.717) is 16.2 Å². The summed E-state index contributed by atoms with van der Waals surface area (Å²) >= 11 is 0. The lowest BCUT2D eigenvalue weighted by molar-refractivity contribution is -0.0221. The van der Waals surface area contributed by atoms with Gasteiger partial charge in [-0.3, -0.25) is 0 Å². The highest BCUT2D eigenvalue weighted by atomic mass is 14.5. The Balaban J connectivity index is 5.04. The minimum Gasteiger partial charge on any atom is -0.0654 e. The summed E-state index contributed by atoms with van der Waals surface area (Å²) < 4.78 is 0. The van der Waals surface area contributed by atoms with Crippen molar-refractivity contribution in [3.05, 3.63) is 0 Å². The highest BCUT2D eigenvalue weighted by molar-refractivity contribution is 4.94. The molecule has 0 saturated carbocycles. The van der Waals surface area contributed by atoms with Crippen molar-refractivity contribution >= 4 is 0 Å². The molecule has 0 bridgehead atoms. The van der Waals surface area contributed by atoms with E-state index >= 15 is 0 Å². The van der Waals surface area contributed by atoms with Gasteiger partial charge in [-0.1, -0.05) is 75.2 Å². The third-order valence-corrected chi connectivity index (χ3v) is 5.79. The molecule has 16 heavy (non-hydrogen) atoms. The predicted molar refractivity (Wildman–Crippen MR) is 75.7 cm³/mol. The molecule has 1 unspecified atom stereocenters. The molecule has 0 nitrogen and oxygen atoms in total. The molecule has 0 rings (SSSR count). The minimum absolute atomic E-state index is 0.391. The van der Waals surface area contributed by atoms with Crippen LogP contribution in [0, 0.1) is 22.2 Å². The van der Waals surface area contributed by atoms with E-state index in [0.717, 1.165) is 5.92 Å². The summed E-state index contributed by atoms with van der Waals surface area (Å²) in [6.45, 7) is 21.7. The van der Waals surface area contributed by atoms with Crippen molar-refractivity contribution in [1.82, 2.24) is 0 Å². The Morgan fingerprint density at radius 1 is 0.875 bits per heavy atom. The van der Waals surface area contributed by atoms with Gasteiger partial charge in [-0.25, -0.2) is 0 Å². The maximum atomic E-state index is 2.46. The van der Waals surface area contributed by atoms with Crippen LogP contribution in [0.2, 0.25) is 0 Å². The Labute approximate surface area is 104 Å². The third kappa shape index (κ3) is 3.02. The van der Waals surface area contributed by atoms with E-state index in [-0.39, 0.29) is 0 Å². The second-order valence-electron chi connectivity index (χ2n) is 7.42. The zero-order valence-corrected chi connectivity index (χ0v) is 13.2. The molecule has 0 aliphatic heterocycles. The van der Waals surface area contributed by atoms with Crippen LogP contribution < -0.4 is 0 Å². The Kier molecular flexibility index (Phi) is 5.10. The quantitative estimate of drug-likeness (QED) is 0.528. The first-order chi connectivity index (χ1) is 7.03. The second kappa shape index (κ2) is 5.10. The average Bonchev–Trinajstić information content (AvgIpc) is 2.16. The molecule has 0 radical (unpaired) electrons. The van der Waals surface area contributed by atoms with E-state index in [9.17, 15) is 0 Å². The Bertz CT molecular complexity index is 208. The lowest BCUT2D eigenvalue weighted by atomic mass is 9.54. The first-order valence-electron chi connectivity index (χ1n) is 7.03. The molecule has 0 aromatic heterocycles. The Morgan fingerprint density at radius 2 is 1.31 bits per heavy atom. The lowest BCUT2D eigenvalue weighted by Crippen LogP contribution is -2.43. The van der Waals surface area contributed by atoms with E-state index < -0.39 is 0 Å². The summed E-state index contributed by atoms with van der Waals surface area (Å²) in [7, 11) is 0. The van der Waals surface area contributed by atoms with Crippen LogP contribution in [0.25, 0.3) is 0 Å². The fourth-order valence-electron chi connectivity index (χ4n) is 2.82. The summed E-state index contributed by atoms with van der Waals surface area (Å²) in [4.78, 5) is 0. The van der Waals surface area contributed by atoms with Crippen molar-refractivity contribution in [2.75, 3.05) is 0 Å². The maximum absolute atomic E-state index is 2.46. The highest BCUT2D eigenvalue weighted by Gasteiger charge is 2.45. The average molecular weight is 226 g/mol. The molecular weight excluding hydrogens is 192 g/mol. The van der Waals surface area contributed by atoms with E-state index in [2.05, 4.69) is 62.3 Å². The largest absolute Gasteiger partial charge is 0.0654 e. The first kappa shape index (κ1) is 16.0. The van der Waals surface area contributed by atoms with Crippen molar-refractivity contribution in [3.8, 4) is 0 Å². The second-order valence-corrected chi connectivity index (χ2v) is 7.42. The van der Waals surface area contributed by atoms with Crippen molar-refractivity contribution in [3.63, 3.8) is 0 Å². The van der Waals surface area contributed by atoms with E-state index in [1.807, 2.05) is 0 Å². The smallest absolute Gasteiger partial charge is 0.0272 e. The standard InChI is InChI=1S/C16H34/c1-10-12-15(6,7)16(8,9)13(3)14(4,5)11-2/h13H,10-12H2,1-9H3. The molecular formula is C16H34. The van der Waals surface area contributed by atoms with Crippen LogP contribution in [-0.2, 0) is 0 Å². The zero-order chi connectivity index (χ0) is 13.2. The van der Waals surface area contributed by atoms with Gasteiger partial charge in [0.15, 0.2) is 0 Å². The summed E-state index contributed by atoms with van der Waals surface area (Å²) in [5.41, 5.74) is 1.25. The topological polar surface area (TPSA) is 0 Å². The predicted octanol–water partition coefficient (Wildman–Crippen LogP) is 5.91. The van der Waals surface area contributed by atoms with E-state index in [4.69, 9.17) is 0 Å². The first-order valence-corrected chi connectivity index (χ1v) is 7.03. The molecule has 0 aliphatic rings. The molecule has 98 valence electrons. The van der Waals surface area contributed by atoms with Gasteiger partial charge in [0.05, 0.1) is 0 Å². The van der Waals surface area contributed by atoms with Crippen LogP contribution in [0.5, 0.6) is 0 Å². The number of hydrogen-bond acceptors (Lipinski definition) is 0.